The minimum absolute atomic E-state index is 0.314. The minimum atomic E-state index is -0.314. The Labute approximate surface area is 132 Å². The standard InChI is InChI=1S/C16H15N3O2S/c1-21-16(20)12-4-2-11(3-5-12)6-8-17-14-13-7-9-22-15(13)19-10-18-14/h2-5,7,9-10H,6,8H2,1H3,(H,17,18,19). The maximum Gasteiger partial charge on any atom is 0.337 e. The lowest BCUT2D eigenvalue weighted by atomic mass is 10.1. The molecule has 0 saturated heterocycles. The number of nitrogens with zero attached hydrogens (tertiary/aromatic N) is 2. The molecular weight excluding hydrogens is 298 g/mol. The first-order valence-electron chi connectivity index (χ1n) is 6.87. The second-order valence-corrected chi connectivity index (χ2v) is 5.62. The van der Waals surface area contributed by atoms with Gasteiger partial charge in [0, 0.05) is 6.54 Å². The SMILES string of the molecule is COC(=O)c1ccc(CCNc2ncnc3sccc23)cc1. The van der Waals surface area contributed by atoms with Gasteiger partial charge in [-0.1, -0.05) is 12.1 Å². The number of fused-ring (bicyclic) bond motifs is 1. The van der Waals surface area contributed by atoms with Gasteiger partial charge in [-0.25, -0.2) is 14.8 Å². The number of rotatable bonds is 5. The first kappa shape index (κ1) is 14.5. The number of methoxy groups -OCH3 is 1. The lowest BCUT2D eigenvalue weighted by Gasteiger charge is -2.07. The normalized spacial score (nSPS) is 10.6. The Kier molecular flexibility index (Phi) is 4.29. The highest BCUT2D eigenvalue weighted by Gasteiger charge is 2.05. The Bertz CT molecular complexity index is 783. The number of hydrogen-bond donors (Lipinski definition) is 1. The van der Waals surface area contributed by atoms with Crippen molar-refractivity contribution >= 4 is 33.3 Å². The summed E-state index contributed by atoms with van der Waals surface area (Å²) in [4.78, 5) is 20.9. The number of esters is 1. The van der Waals surface area contributed by atoms with E-state index < -0.39 is 0 Å². The molecule has 0 atom stereocenters. The smallest absolute Gasteiger partial charge is 0.337 e. The first-order chi connectivity index (χ1) is 10.8. The average molecular weight is 313 g/mol. The Balaban J connectivity index is 1.61. The molecule has 0 aliphatic carbocycles. The van der Waals surface area contributed by atoms with Crippen molar-refractivity contribution in [1.29, 1.82) is 0 Å². The molecule has 3 aromatic rings. The maximum atomic E-state index is 11.4. The average Bonchev–Trinajstić information content (AvgIpc) is 3.04. The Morgan fingerprint density at radius 3 is 2.82 bits per heavy atom. The van der Waals surface area contributed by atoms with Crippen LogP contribution in [0.2, 0.25) is 0 Å². The molecule has 5 nitrogen and oxygen atoms in total. The molecule has 112 valence electrons. The molecule has 0 bridgehead atoms. The van der Waals surface area contributed by atoms with Gasteiger partial charge in [0.15, 0.2) is 0 Å². The van der Waals surface area contributed by atoms with Gasteiger partial charge >= 0.3 is 5.97 Å². The highest BCUT2D eigenvalue weighted by molar-refractivity contribution is 7.16. The van der Waals surface area contributed by atoms with E-state index in [9.17, 15) is 4.79 Å². The predicted molar refractivity (Wildman–Crippen MR) is 87.4 cm³/mol. The van der Waals surface area contributed by atoms with Crippen LogP contribution in [0.25, 0.3) is 10.2 Å². The van der Waals surface area contributed by atoms with E-state index >= 15 is 0 Å². The quantitative estimate of drug-likeness (QED) is 0.733. The second-order valence-electron chi connectivity index (χ2n) is 4.73. The van der Waals surface area contributed by atoms with Gasteiger partial charge in [0.2, 0.25) is 0 Å². The number of benzene rings is 1. The zero-order valence-electron chi connectivity index (χ0n) is 12.1. The van der Waals surface area contributed by atoms with E-state index in [1.165, 1.54) is 7.11 Å². The monoisotopic (exact) mass is 313 g/mol. The molecule has 6 heteroatoms. The van der Waals surface area contributed by atoms with E-state index in [2.05, 4.69) is 20.0 Å². The van der Waals surface area contributed by atoms with E-state index in [0.29, 0.717) is 5.56 Å². The number of thiophene rings is 1. The van der Waals surface area contributed by atoms with Crippen LogP contribution in [0.3, 0.4) is 0 Å². The van der Waals surface area contributed by atoms with Crippen molar-refractivity contribution in [1.82, 2.24) is 9.97 Å². The summed E-state index contributed by atoms with van der Waals surface area (Å²) in [6.45, 7) is 0.763. The zero-order valence-corrected chi connectivity index (χ0v) is 12.9. The largest absolute Gasteiger partial charge is 0.465 e. The van der Waals surface area contributed by atoms with Gasteiger partial charge in [0.25, 0.3) is 0 Å². The molecule has 0 unspecified atom stereocenters. The second kappa shape index (κ2) is 6.53. The van der Waals surface area contributed by atoms with E-state index in [4.69, 9.17) is 0 Å². The van der Waals surface area contributed by atoms with Gasteiger partial charge in [-0.05, 0) is 35.6 Å². The minimum Gasteiger partial charge on any atom is -0.465 e. The van der Waals surface area contributed by atoms with Crippen molar-refractivity contribution in [2.75, 3.05) is 19.0 Å². The molecule has 1 aromatic carbocycles. The van der Waals surface area contributed by atoms with Crippen LogP contribution in [0.1, 0.15) is 15.9 Å². The van der Waals surface area contributed by atoms with Gasteiger partial charge in [-0.15, -0.1) is 11.3 Å². The summed E-state index contributed by atoms with van der Waals surface area (Å²) in [6.07, 6.45) is 2.42. The topological polar surface area (TPSA) is 64.1 Å². The van der Waals surface area contributed by atoms with E-state index in [1.807, 2.05) is 23.6 Å². The number of hydrogen-bond acceptors (Lipinski definition) is 6. The van der Waals surface area contributed by atoms with E-state index in [0.717, 1.165) is 34.6 Å². The van der Waals surface area contributed by atoms with Crippen LogP contribution in [0, 0.1) is 0 Å². The van der Waals surface area contributed by atoms with Crippen LogP contribution in [-0.2, 0) is 11.2 Å². The third-order valence-electron chi connectivity index (χ3n) is 3.34. The number of nitrogens with one attached hydrogen (secondary N) is 1. The summed E-state index contributed by atoms with van der Waals surface area (Å²) in [5.74, 6) is 0.544. The van der Waals surface area contributed by atoms with Crippen molar-refractivity contribution < 1.29 is 9.53 Å². The molecule has 3 rings (SSSR count). The molecule has 0 amide bonds. The van der Waals surface area contributed by atoms with Gasteiger partial charge in [-0.2, -0.15) is 0 Å². The van der Waals surface area contributed by atoms with Gasteiger partial charge in [0.05, 0.1) is 18.1 Å². The Hall–Kier alpha value is -2.47. The Morgan fingerprint density at radius 2 is 2.05 bits per heavy atom. The summed E-state index contributed by atoms with van der Waals surface area (Å²) >= 11 is 1.60. The van der Waals surface area contributed by atoms with Crippen LogP contribution < -0.4 is 5.32 Å². The summed E-state index contributed by atoms with van der Waals surface area (Å²) < 4.78 is 4.68. The fourth-order valence-electron chi connectivity index (χ4n) is 2.18. The molecule has 0 fully saturated rings. The molecule has 2 heterocycles. The highest BCUT2D eigenvalue weighted by Crippen LogP contribution is 2.23. The number of anilines is 1. The van der Waals surface area contributed by atoms with Crippen LogP contribution in [0.4, 0.5) is 5.82 Å². The number of ether oxygens (including phenoxy) is 1. The number of carbonyl (C=O) groups is 1. The first-order valence-corrected chi connectivity index (χ1v) is 7.75. The van der Waals surface area contributed by atoms with Crippen molar-refractivity contribution in [3.8, 4) is 0 Å². The molecule has 1 N–H and O–H groups in total. The summed E-state index contributed by atoms with van der Waals surface area (Å²) in [5, 5.41) is 6.39. The lowest BCUT2D eigenvalue weighted by Crippen LogP contribution is -2.07. The van der Waals surface area contributed by atoms with Crippen LogP contribution in [0.15, 0.2) is 42.0 Å². The van der Waals surface area contributed by atoms with Crippen molar-refractivity contribution in [2.24, 2.45) is 0 Å². The summed E-state index contributed by atoms with van der Waals surface area (Å²) in [5.41, 5.74) is 1.71. The predicted octanol–water partition coefficient (Wildman–Crippen LogP) is 3.13. The summed E-state index contributed by atoms with van der Waals surface area (Å²) in [6, 6.07) is 9.46. The van der Waals surface area contributed by atoms with Crippen LogP contribution >= 0.6 is 11.3 Å². The summed E-state index contributed by atoms with van der Waals surface area (Å²) in [7, 11) is 1.38. The van der Waals surface area contributed by atoms with Crippen LogP contribution in [0.5, 0.6) is 0 Å². The van der Waals surface area contributed by atoms with Gasteiger partial charge < -0.3 is 10.1 Å². The molecule has 0 radical (unpaired) electrons. The third-order valence-corrected chi connectivity index (χ3v) is 4.16. The highest BCUT2D eigenvalue weighted by atomic mass is 32.1. The molecule has 0 aliphatic rings. The molecule has 0 spiro atoms. The zero-order chi connectivity index (χ0) is 15.4. The van der Waals surface area contributed by atoms with Gasteiger partial charge in [-0.3, -0.25) is 0 Å². The number of carbonyl (C=O) groups excluding carboxylic acids is 1. The fourth-order valence-corrected chi connectivity index (χ4v) is 2.91. The van der Waals surface area contributed by atoms with Crippen molar-refractivity contribution in [3.63, 3.8) is 0 Å². The fraction of sp³-hybridized carbons (Fsp3) is 0.188. The maximum absolute atomic E-state index is 11.4. The molecule has 0 aliphatic heterocycles. The van der Waals surface area contributed by atoms with E-state index in [1.54, 1.807) is 29.8 Å². The molecule has 2 aromatic heterocycles. The van der Waals surface area contributed by atoms with Crippen molar-refractivity contribution in [2.45, 2.75) is 6.42 Å². The van der Waals surface area contributed by atoms with Crippen LogP contribution in [-0.4, -0.2) is 29.6 Å². The lowest BCUT2D eigenvalue weighted by molar-refractivity contribution is 0.0600. The van der Waals surface area contributed by atoms with Gasteiger partial charge in [0.1, 0.15) is 17.0 Å². The van der Waals surface area contributed by atoms with Crippen molar-refractivity contribution in [3.05, 3.63) is 53.2 Å². The molecular formula is C16H15N3O2S. The van der Waals surface area contributed by atoms with E-state index in [-0.39, 0.29) is 5.97 Å². The third kappa shape index (κ3) is 3.07. The Morgan fingerprint density at radius 1 is 1.23 bits per heavy atom. The molecule has 0 saturated carbocycles. The number of aromatic nitrogens is 2. The molecule has 22 heavy (non-hydrogen) atoms.